The van der Waals surface area contributed by atoms with Crippen molar-refractivity contribution in [2.45, 2.75) is 11.8 Å². The SMILES string of the molecule is CCOC(=O)c1cc(SC)ccc1NC. The first-order valence-corrected chi connectivity index (χ1v) is 5.98. The summed E-state index contributed by atoms with van der Waals surface area (Å²) in [5.74, 6) is -0.280. The summed E-state index contributed by atoms with van der Waals surface area (Å²) in [4.78, 5) is 12.7. The van der Waals surface area contributed by atoms with Crippen molar-refractivity contribution >= 4 is 23.4 Å². The molecule has 1 aromatic carbocycles. The molecular formula is C11H15NO2S. The molecule has 0 aliphatic carbocycles. The van der Waals surface area contributed by atoms with Gasteiger partial charge in [-0.2, -0.15) is 0 Å². The number of esters is 1. The lowest BCUT2D eigenvalue weighted by Crippen LogP contribution is -2.08. The molecule has 0 atom stereocenters. The van der Waals surface area contributed by atoms with Crippen molar-refractivity contribution in [1.29, 1.82) is 0 Å². The van der Waals surface area contributed by atoms with Crippen LogP contribution < -0.4 is 5.32 Å². The number of ether oxygens (including phenoxy) is 1. The van der Waals surface area contributed by atoms with Gasteiger partial charge in [0.15, 0.2) is 0 Å². The Bertz CT molecular complexity index is 352. The Hall–Kier alpha value is -1.16. The van der Waals surface area contributed by atoms with E-state index in [1.165, 1.54) is 0 Å². The first-order valence-electron chi connectivity index (χ1n) is 4.75. The molecule has 0 spiro atoms. The fourth-order valence-electron chi connectivity index (χ4n) is 1.25. The van der Waals surface area contributed by atoms with Gasteiger partial charge in [0.05, 0.1) is 12.2 Å². The molecule has 0 saturated heterocycles. The van der Waals surface area contributed by atoms with E-state index in [1.54, 1.807) is 25.7 Å². The molecule has 4 heteroatoms. The van der Waals surface area contributed by atoms with Crippen LogP contribution >= 0.6 is 11.8 Å². The maximum absolute atomic E-state index is 11.6. The topological polar surface area (TPSA) is 38.3 Å². The van der Waals surface area contributed by atoms with E-state index in [0.717, 1.165) is 10.6 Å². The van der Waals surface area contributed by atoms with Crippen LogP contribution in [0.25, 0.3) is 0 Å². The Morgan fingerprint density at radius 2 is 2.27 bits per heavy atom. The smallest absolute Gasteiger partial charge is 0.340 e. The van der Waals surface area contributed by atoms with Crippen LogP contribution in [-0.2, 0) is 4.74 Å². The molecular weight excluding hydrogens is 210 g/mol. The van der Waals surface area contributed by atoms with Crippen LogP contribution in [-0.4, -0.2) is 25.9 Å². The summed E-state index contributed by atoms with van der Waals surface area (Å²) in [5, 5.41) is 2.98. The predicted molar refractivity (Wildman–Crippen MR) is 63.7 cm³/mol. The molecule has 0 radical (unpaired) electrons. The number of carbonyl (C=O) groups excluding carboxylic acids is 1. The monoisotopic (exact) mass is 225 g/mol. The quantitative estimate of drug-likeness (QED) is 0.631. The number of anilines is 1. The minimum Gasteiger partial charge on any atom is -0.462 e. The van der Waals surface area contributed by atoms with E-state index in [2.05, 4.69) is 5.32 Å². The molecule has 0 heterocycles. The molecule has 0 aliphatic rings. The lowest BCUT2D eigenvalue weighted by molar-refractivity contribution is 0.0527. The van der Waals surface area contributed by atoms with E-state index in [4.69, 9.17) is 4.74 Å². The molecule has 1 N–H and O–H groups in total. The highest BCUT2D eigenvalue weighted by molar-refractivity contribution is 7.98. The van der Waals surface area contributed by atoms with Gasteiger partial charge in [0.25, 0.3) is 0 Å². The normalized spacial score (nSPS) is 9.80. The largest absolute Gasteiger partial charge is 0.462 e. The molecule has 0 aliphatic heterocycles. The Kier molecular flexibility index (Phi) is 4.49. The van der Waals surface area contributed by atoms with Gasteiger partial charge in [-0.1, -0.05) is 0 Å². The number of hydrogen-bond acceptors (Lipinski definition) is 4. The summed E-state index contributed by atoms with van der Waals surface area (Å²) in [6.45, 7) is 2.20. The van der Waals surface area contributed by atoms with Gasteiger partial charge >= 0.3 is 5.97 Å². The molecule has 0 fully saturated rings. The Labute approximate surface area is 94.2 Å². The average Bonchev–Trinajstić information content (AvgIpc) is 2.28. The molecule has 1 aromatic rings. The van der Waals surface area contributed by atoms with Crippen LogP contribution in [0, 0.1) is 0 Å². The third kappa shape index (κ3) is 2.89. The Morgan fingerprint density at radius 1 is 1.53 bits per heavy atom. The molecule has 15 heavy (non-hydrogen) atoms. The van der Waals surface area contributed by atoms with E-state index >= 15 is 0 Å². The van der Waals surface area contributed by atoms with E-state index < -0.39 is 0 Å². The Balaban J connectivity index is 3.05. The van der Waals surface area contributed by atoms with E-state index in [9.17, 15) is 4.79 Å². The molecule has 82 valence electrons. The van der Waals surface area contributed by atoms with Crippen LogP contribution in [0.1, 0.15) is 17.3 Å². The Morgan fingerprint density at radius 3 is 2.80 bits per heavy atom. The summed E-state index contributed by atoms with van der Waals surface area (Å²) in [6.07, 6.45) is 1.98. The lowest BCUT2D eigenvalue weighted by Gasteiger charge is -2.09. The summed E-state index contributed by atoms with van der Waals surface area (Å²) in [7, 11) is 1.79. The van der Waals surface area contributed by atoms with Crippen molar-refractivity contribution in [3.8, 4) is 0 Å². The van der Waals surface area contributed by atoms with E-state index in [0.29, 0.717) is 12.2 Å². The molecule has 0 saturated carbocycles. The van der Waals surface area contributed by atoms with Gasteiger partial charge < -0.3 is 10.1 Å². The van der Waals surface area contributed by atoms with Crippen LogP contribution in [0.2, 0.25) is 0 Å². The number of hydrogen-bond donors (Lipinski definition) is 1. The zero-order valence-corrected chi connectivity index (χ0v) is 9.98. The van der Waals surface area contributed by atoms with Gasteiger partial charge in [-0.25, -0.2) is 4.79 Å². The summed E-state index contributed by atoms with van der Waals surface area (Å²) >= 11 is 1.60. The maximum atomic E-state index is 11.6. The number of nitrogens with one attached hydrogen (secondary N) is 1. The molecule has 0 aromatic heterocycles. The molecule has 0 unspecified atom stereocenters. The number of benzene rings is 1. The number of carbonyl (C=O) groups is 1. The van der Waals surface area contributed by atoms with Crippen LogP contribution in [0.15, 0.2) is 23.1 Å². The van der Waals surface area contributed by atoms with E-state index in [-0.39, 0.29) is 5.97 Å². The minimum absolute atomic E-state index is 0.280. The van der Waals surface area contributed by atoms with Gasteiger partial charge in [0, 0.05) is 17.6 Å². The van der Waals surface area contributed by atoms with Gasteiger partial charge in [-0.05, 0) is 31.4 Å². The number of rotatable bonds is 4. The van der Waals surface area contributed by atoms with Gasteiger partial charge in [0.2, 0.25) is 0 Å². The maximum Gasteiger partial charge on any atom is 0.340 e. The van der Waals surface area contributed by atoms with Crippen molar-refractivity contribution in [3.05, 3.63) is 23.8 Å². The van der Waals surface area contributed by atoms with E-state index in [1.807, 2.05) is 24.5 Å². The highest BCUT2D eigenvalue weighted by Gasteiger charge is 2.12. The zero-order valence-electron chi connectivity index (χ0n) is 9.16. The van der Waals surface area contributed by atoms with Crippen molar-refractivity contribution in [2.75, 3.05) is 25.2 Å². The zero-order chi connectivity index (χ0) is 11.3. The van der Waals surface area contributed by atoms with Crippen LogP contribution in [0.5, 0.6) is 0 Å². The third-order valence-corrected chi connectivity index (χ3v) is 2.72. The van der Waals surface area contributed by atoms with Crippen molar-refractivity contribution < 1.29 is 9.53 Å². The second kappa shape index (κ2) is 5.66. The summed E-state index contributed by atoms with van der Waals surface area (Å²) in [6, 6.07) is 5.70. The molecule has 0 bridgehead atoms. The standard InChI is InChI=1S/C11H15NO2S/c1-4-14-11(13)9-7-8(15-3)5-6-10(9)12-2/h5-7,12H,4H2,1-3H3. The van der Waals surface area contributed by atoms with Crippen molar-refractivity contribution in [1.82, 2.24) is 0 Å². The summed E-state index contributed by atoms with van der Waals surface area (Å²) < 4.78 is 4.98. The van der Waals surface area contributed by atoms with Crippen molar-refractivity contribution in [3.63, 3.8) is 0 Å². The van der Waals surface area contributed by atoms with Crippen molar-refractivity contribution in [2.24, 2.45) is 0 Å². The van der Waals surface area contributed by atoms with Gasteiger partial charge in [-0.3, -0.25) is 0 Å². The van der Waals surface area contributed by atoms with Gasteiger partial charge in [0.1, 0.15) is 0 Å². The second-order valence-corrected chi connectivity index (χ2v) is 3.76. The first-order chi connectivity index (χ1) is 7.22. The third-order valence-electron chi connectivity index (χ3n) is 1.99. The highest BCUT2D eigenvalue weighted by Crippen LogP contribution is 2.23. The van der Waals surface area contributed by atoms with Crippen LogP contribution in [0.3, 0.4) is 0 Å². The highest BCUT2D eigenvalue weighted by atomic mass is 32.2. The molecule has 1 rings (SSSR count). The number of thioether (sulfide) groups is 1. The lowest BCUT2D eigenvalue weighted by atomic mass is 10.2. The van der Waals surface area contributed by atoms with Gasteiger partial charge in [-0.15, -0.1) is 11.8 Å². The predicted octanol–water partition coefficient (Wildman–Crippen LogP) is 2.63. The second-order valence-electron chi connectivity index (χ2n) is 2.88. The summed E-state index contributed by atoms with van der Waals surface area (Å²) in [5.41, 5.74) is 1.39. The first kappa shape index (κ1) is 11.9. The fraction of sp³-hybridized carbons (Fsp3) is 0.364. The van der Waals surface area contributed by atoms with Crippen LogP contribution in [0.4, 0.5) is 5.69 Å². The molecule has 3 nitrogen and oxygen atoms in total. The average molecular weight is 225 g/mol. The minimum atomic E-state index is -0.280. The fourth-order valence-corrected chi connectivity index (χ4v) is 1.69. The molecule has 0 amide bonds.